The minimum absolute atomic E-state index is 0.0499. The van der Waals surface area contributed by atoms with E-state index in [9.17, 15) is 4.79 Å². The predicted molar refractivity (Wildman–Crippen MR) is 65.9 cm³/mol. The molecule has 6 heteroatoms. The quantitative estimate of drug-likeness (QED) is 0.773. The van der Waals surface area contributed by atoms with Crippen molar-refractivity contribution >= 4 is 49.1 Å². The lowest BCUT2D eigenvalue weighted by Crippen LogP contribution is -2.35. The molecule has 0 spiro atoms. The normalized spacial score (nSPS) is 16.8. The van der Waals surface area contributed by atoms with E-state index in [0.29, 0.717) is 18.0 Å². The zero-order valence-electron chi connectivity index (χ0n) is 7.83. The Morgan fingerprint density at radius 3 is 2.80 bits per heavy atom. The maximum atomic E-state index is 11.9. The molecule has 0 unspecified atom stereocenters. The molecule has 3 nitrogen and oxygen atoms in total. The first-order valence-electron chi connectivity index (χ1n) is 4.58. The third kappa shape index (κ3) is 2.61. The van der Waals surface area contributed by atoms with Crippen LogP contribution in [0.15, 0.2) is 14.3 Å². The summed E-state index contributed by atoms with van der Waals surface area (Å²) in [6, 6.07) is 1.81. The lowest BCUT2D eigenvalue weighted by Gasteiger charge is -2.25. The molecule has 1 fully saturated rings. The molecule has 1 aliphatic heterocycles. The van der Waals surface area contributed by atoms with Crippen LogP contribution in [-0.4, -0.2) is 24.1 Å². The Balaban J connectivity index is 2.12. The molecule has 15 heavy (non-hydrogen) atoms. The van der Waals surface area contributed by atoms with Gasteiger partial charge in [0, 0.05) is 11.0 Å². The van der Waals surface area contributed by atoms with E-state index in [-0.39, 0.29) is 5.91 Å². The Morgan fingerprint density at radius 1 is 1.47 bits per heavy atom. The van der Waals surface area contributed by atoms with Crippen LogP contribution < -0.4 is 0 Å². The molecule has 0 radical (unpaired) electrons. The van der Waals surface area contributed by atoms with Gasteiger partial charge in [0.1, 0.15) is 0 Å². The van der Waals surface area contributed by atoms with E-state index in [1.807, 2.05) is 6.07 Å². The van der Waals surface area contributed by atoms with E-state index < -0.39 is 0 Å². The standard InChI is InChI=1S/C9H9Br2NO2S/c10-6-5-7(15-8(6)11)9(13)12-3-1-2-4-14-12/h5H,1-4H2. The van der Waals surface area contributed by atoms with Crippen LogP contribution in [0.1, 0.15) is 22.5 Å². The number of halogens is 2. The molecule has 2 rings (SSSR count). The molecule has 0 aromatic carbocycles. The molecule has 0 aliphatic carbocycles. The topological polar surface area (TPSA) is 29.5 Å². The van der Waals surface area contributed by atoms with Gasteiger partial charge < -0.3 is 0 Å². The van der Waals surface area contributed by atoms with E-state index in [1.54, 1.807) is 0 Å². The molecule has 1 aliphatic rings. The minimum atomic E-state index is -0.0499. The van der Waals surface area contributed by atoms with Gasteiger partial charge in [0.15, 0.2) is 0 Å². The number of carbonyl (C=O) groups excluding carboxylic acids is 1. The lowest BCUT2D eigenvalue weighted by molar-refractivity contribution is -0.143. The Bertz CT molecular complexity index is 355. The predicted octanol–water partition coefficient (Wildman–Crippen LogP) is 3.44. The first-order valence-corrected chi connectivity index (χ1v) is 6.98. The van der Waals surface area contributed by atoms with Crippen molar-refractivity contribution in [1.29, 1.82) is 0 Å². The minimum Gasteiger partial charge on any atom is -0.271 e. The summed E-state index contributed by atoms with van der Waals surface area (Å²) in [4.78, 5) is 17.9. The van der Waals surface area contributed by atoms with Crippen LogP contribution in [0.25, 0.3) is 0 Å². The Morgan fingerprint density at radius 2 is 2.27 bits per heavy atom. The first kappa shape index (κ1) is 11.6. The number of nitrogens with zero attached hydrogens (tertiary/aromatic N) is 1. The maximum Gasteiger partial charge on any atom is 0.287 e. The van der Waals surface area contributed by atoms with Crippen molar-refractivity contribution in [1.82, 2.24) is 5.06 Å². The fraction of sp³-hybridized carbons (Fsp3) is 0.444. The van der Waals surface area contributed by atoms with Crippen molar-refractivity contribution in [3.05, 3.63) is 19.2 Å². The van der Waals surface area contributed by atoms with E-state index in [0.717, 1.165) is 21.1 Å². The van der Waals surface area contributed by atoms with E-state index in [2.05, 4.69) is 31.9 Å². The fourth-order valence-electron chi connectivity index (χ4n) is 1.33. The molecule has 1 amide bonds. The van der Waals surface area contributed by atoms with Crippen LogP contribution in [0.3, 0.4) is 0 Å². The van der Waals surface area contributed by atoms with Crippen molar-refractivity contribution in [2.75, 3.05) is 13.2 Å². The summed E-state index contributed by atoms with van der Waals surface area (Å²) in [6.45, 7) is 1.32. The average molecular weight is 355 g/mol. The summed E-state index contributed by atoms with van der Waals surface area (Å²) in [5.41, 5.74) is 0. The van der Waals surface area contributed by atoms with Gasteiger partial charge in [-0.2, -0.15) is 0 Å². The molecular weight excluding hydrogens is 346 g/mol. The number of thiophene rings is 1. The van der Waals surface area contributed by atoms with E-state index in [4.69, 9.17) is 4.84 Å². The number of hydrogen-bond acceptors (Lipinski definition) is 3. The summed E-state index contributed by atoms with van der Waals surface area (Å²) in [7, 11) is 0. The second-order valence-corrected chi connectivity index (χ2v) is 6.40. The van der Waals surface area contributed by atoms with Crippen LogP contribution >= 0.6 is 43.2 Å². The lowest BCUT2D eigenvalue weighted by atomic mass is 10.3. The monoisotopic (exact) mass is 353 g/mol. The van der Waals surface area contributed by atoms with Gasteiger partial charge in [0.25, 0.3) is 5.91 Å². The highest BCUT2D eigenvalue weighted by Crippen LogP contribution is 2.33. The second kappa shape index (κ2) is 4.95. The maximum absolute atomic E-state index is 11.9. The molecule has 0 atom stereocenters. The molecule has 0 bridgehead atoms. The van der Waals surface area contributed by atoms with Gasteiger partial charge >= 0.3 is 0 Å². The smallest absolute Gasteiger partial charge is 0.271 e. The highest BCUT2D eigenvalue weighted by atomic mass is 79.9. The third-order valence-electron chi connectivity index (χ3n) is 2.09. The fourth-order valence-corrected chi connectivity index (χ4v) is 3.31. The van der Waals surface area contributed by atoms with Gasteiger partial charge in [-0.05, 0) is 50.8 Å². The molecule has 0 saturated carbocycles. The number of carbonyl (C=O) groups is 1. The zero-order chi connectivity index (χ0) is 10.8. The second-order valence-electron chi connectivity index (χ2n) is 3.18. The molecule has 0 N–H and O–H groups in total. The van der Waals surface area contributed by atoms with Crippen LogP contribution in [0, 0.1) is 0 Å². The van der Waals surface area contributed by atoms with E-state index >= 15 is 0 Å². The average Bonchev–Trinajstić information content (AvgIpc) is 2.59. The van der Waals surface area contributed by atoms with Crippen LogP contribution in [0.2, 0.25) is 0 Å². The largest absolute Gasteiger partial charge is 0.287 e. The zero-order valence-corrected chi connectivity index (χ0v) is 11.8. The molecular formula is C9H9Br2NO2S. The van der Waals surface area contributed by atoms with Gasteiger partial charge in [0.05, 0.1) is 15.3 Å². The number of hydrogen-bond donors (Lipinski definition) is 0. The number of rotatable bonds is 1. The van der Waals surface area contributed by atoms with Crippen molar-refractivity contribution in [2.24, 2.45) is 0 Å². The molecule has 2 heterocycles. The Labute approximate surface area is 109 Å². The summed E-state index contributed by atoms with van der Waals surface area (Å²) < 4.78 is 1.84. The van der Waals surface area contributed by atoms with Crippen LogP contribution in [-0.2, 0) is 4.84 Å². The summed E-state index contributed by atoms with van der Waals surface area (Å²) >= 11 is 8.14. The van der Waals surface area contributed by atoms with Crippen molar-refractivity contribution in [3.8, 4) is 0 Å². The van der Waals surface area contributed by atoms with Gasteiger partial charge in [-0.1, -0.05) is 0 Å². The van der Waals surface area contributed by atoms with Crippen molar-refractivity contribution in [3.63, 3.8) is 0 Å². The molecule has 1 saturated heterocycles. The Hall–Kier alpha value is 0.0900. The highest BCUT2D eigenvalue weighted by Gasteiger charge is 2.21. The Kier molecular flexibility index (Phi) is 3.82. The van der Waals surface area contributed by atoms with Crippen LogP contribution in [0.5, 0.6) is 0 Å². The summed E-state index contributed by atoms with van der Waals surface area (Å²) in [5.74, 6) is -0.0499. The van der Waals surface area contributed by atoms with Gasteiger partial charge in [-0.15, -0.1) is 11.3 Å². The first-order chi connectivity index (χ1) is 7.18. The molecule has 82 valence electrons. The SMILES string of the molecule is O=C(c1cc(Br)c(Br)s1)N1CCCCO1. The molecule has 1 aromatic heterocycles. The highest BCUT2D eigenvalue weighted by molar-refractivity contribution is 9.13. The van der Waals surface area contributed by atoms with Crippen molar-refractivity contribution in [2.45, 2.75) is 12.8 Å². The van der Waals surface area contributed by atoms with E-state index in [1.165, 1.54) is 16.4 Å². The molecule has 1 aromatic rings. The summed E-state index contributed by atoms with van der Waals surface area (Å²) in [6.07, 6.45) is 2.04. The van der Waals surface area contributed by atoms with Gasteiger partial charge in [0.2, 0.25) is 0 Å². The number of hydroxylamine groups is 2. The third-order valence-corrected chi connectivity index (χ3v) is 5.33. The summed E-state index contributed by atoms with van der Waals surface area (Å²) in [5, 5.41) is 1.45. The number of amides is 1. The van der Waals surface area contributed by atoms with Crippen LogP contribution in [0.4, 0.5) is 0 Å². The van der Waals surface area contributed by atoms with Gasteiger partial charge in [-0.3, -0.25) is 9.63 Å². The van der Waals surface area contributed by atoms with Gasteiger partial charge in [-0.25, -0.2) is 5.06 Å². The van der Waals surface area contributed by atoms with Crippen molar-refractivity contribution < 1.29 is 9.63 Å².